The fraction of sp³-hybridized carbons (Fsp3) is 0.207. The summed E-state index contributed by atoms with van der Waals surface area (Å²) >= 11 is 0. The highest BCUT2D eigenvalue weighted by atomic mass is 16.4. The third-order valence-corrected chi connectivity index (χ3v) is 4.14. The maximum Gasteiger partial charge on any atom is 0.330 e. The van der Waals surface area contributed by atoms with E-state index in [9.17, 15) is 14.4 Å². The van der Waals surface area contributed by atoms with Gasteiger partial charge in [-0.25, -0.2) is 14.4 Å². The summed E-state index contributed by atoms with van der Waals surface area (Å²) in [5.74, 6) is -2.71. The molecule has 0 atom stereocenters. The zero-order valence-electron chi connectivity index (χ0n) is 21.1. The minimum Gasteiger partial charge on any atom is -0.478 e. The van der Waals surface area contributed by atoms with Crippen LogP contribution in [0.25, 0.3) is 6.08 Å². The number of aliphatic hydroxyl groups is 1. The molecule has 36 heavy (non-hydrogen) atoms. The monoisotopic (exact) mass is 496 g/mol. The van der Waals surface area contributed by atoms with Gasteiger partial charge in [0, 0.05) is 23.3 Å². The van der Waals surface area contributed by atoms with E-state index in [-0.39, 0.29) is 17.8 Å². The Bertz CT molecular complexity index is 992. The van der Waals surface area contributed by atoms with Crippen molar-refractivity contribution in [1.29, 1.82) is 0 Å². The van der Waals surface area contributed by atoms with E-state index in [4.69, 9.17) is 20.4 Å². The lowest BCUT2D eigenvalue weighted by Gasteiger charge is -1.95. The fourth-order valence-electron chi connectivity index (χ4n) is 1.93. The number of benzene rings is 2. The lowest BCUT2D eigenvalue weighted by molar-refractivity contribution is -0.133. The van der Waals surface area contributed by atoms with Crippen molar-refractivity contribution in [3.63, 3.8) is 0 Å². The number of carboxylic acid groups (broad SMARTS) is 3. The van der Waals surface area contributed by atoms with Gasteiger partial charge in [0.15, 0.2) is 0 Å². The Morgan fingerprint density at radius 1 is 0.750 bits per heavy atom. The van der Waals surface area contributed by atoms with Crippen molar-refractivity contribution in [2.75, 3.05) is 6.61 Å². The number of hydrogen-bond acceptors (Lipinski definition) is 4. The number of aliphatic carboxylic acids is 3. The highest BCUT2D eigenvalue weighted by Gasteiger charge is 1.98. The maximum absolute atomic E-state index is 10.5. The van der Waals surface area contributed by atoms with E-state index in [1.54, 1.807) is 13.0 Å². The maximum atomic E-state index is 10.5. The second-order valence-corrected chi connectivity index (χ2v) is 7.29. The lowest BCUT2D eigenvalue weighted by Crippen LogP contribution is -1.96. The summed E-state index contributed by atoms with van der Waals surface area (Å²) in [5, 5.41) is 33.0. The molecular formula is C29H36O7. The van der Waals surface area contributed by atoms with Gasteiger partial charge in [-0.05, 0) is 44.7 Å². The Labute approximate surface area is 213 Å². The van der Waals surface area contributed by atoms with Gasteiger partial charge in [-0.1, -0.05) is 92.0 Å². The molecule has 7 nitrogen and oxygen atoms in total. The van der Waals surface area contributed by atoms with Gasteiger partial charge in [0.1, 0.15) is 0 Å². The lowest BCUT2D eigenvalue weighted by atomic mass is 10.1. The van der Waals surface area contributed by atoms with E-state index in [1.807, 2.05) is 66.7 Å². The van der Waals surface area contributed by atoms with Crippen LogP contribution in [0.4, 0.5) is 0 Å². The van der Waals surface area contributed by atoms with Gasteiger partial charge in [0.05, 0.1) is 0 Å². The first kappa shape index (κ1) is 33.9. The van der Waals surface area contributed by atoms with E-state index < -0.39 is 17.9 Å². The zero-order chi connectivity index (χ0) is 27.9. The van der Waals surface area contributed by atoms with Gasteiger partial charge >= 0.3 is 17.9 Å². The van der Waals surface area contributed by atoms with Crippen LogP contribution in [0.2, 0.25) is 0 Å². The van der Waals surface area contributed by atoms with Gasteiger partial charge in [-0.3, -0.25) is 0 Å². The summed E-state index contributed by atoms with van der Waals surface area (Å²) in [6, 6.07) is 19.8. The van der Waals surface area contributed by atoms with Gasteiger partial charge in [0.25, 0.3) is 0 Å². The second kappa shape index (κ2) is 21.3. The highest BCUT2D eigenvalue weighted by Crippen LogP contribution is 2.03. The van der Waals surface area contributed by atoms with Gasteiger partial charge < -0.3 is 20.4 Å². The average molecular weight is 497 g/mol. The van der Waals surface area contributed by atoms with Crippen LogP contribution in [0, 0.1) is 0 Å². The molecule has 0 unspecified atom stereocenters. The van der Waals surface area contributed by atoms with Crippen LogP contribution in [0.1, 0.15) is 38.3 Å². The Balaban J connectivity index is 0. The smallest absolute Gasteiger partial charge is 0.330 e. The summed E-state index contributed by atoms with van der Waals surface area (Å²) in [6.45, 7) is 11.3. The van der Waals surface area contributed by atoms with Crippen molar-refractivity contribution >= 4 is 24.0 Å². The Morgan fingerprint density at radius 3 is 1.50 bits per heavy atom. The molecule has 7 heteroatoms. The second-order valence-electron chi connectivity index (χ2n) is 7.29. The van der Waals surface area contributed by atoms with Crippen molar-refractivity contribution in [1.82, 2.24) is 0 Å². The largest absolute Gasteiger partial charge is 0.478 e. The van der Waals surface area contributed by atoms with E-state index in [0.29, 0.717) is 18.4 Å². The Kier molecular flexibility index (Phi) is 20.1. The molecule has 0 aliphatic rings. The number of carbonyl (C=O) groups is 3. The summed E-state index contributed by atoms with van der Waals surface area (Å²) in [5.41, 5.74) is 3.15. The topological polar surface area (TPSA) is 132 Å². The van der Waals surface area contributed by atoms with E-state index in [2.05, 4.69) is 13.2 Å². The van der Waals surface area contributed by atoms with Gasteiger partial charge in [-0.15, -0.1) is 0 Å². The number of rotatable bonds is 8. The Hall–Kier alpha value is -4.23. The molecule has 0 saturated heterocycles. The summed E-state index contributed by atoms with van der Waals surface area (Å²) in [6.07, 6.45) is 6.14. The Morgan fingerprint density at radius 2 is 1.17 bits per heavy atom. The zero-order valence-corrected chi connectivity index (χ0v) is 21.1. The molecule has 2 aromatic rings. The first-order valence-corrected chi connectivity index (χ1v) is 11.0. The quantitative estimate of drug-likeness (QED) is 0.348. The average Bonchev–Trinajstić information content (AvgIpc) is 2.87. The van der Waals surface area contributed by atoms with Crippen LogP contribution in [0.15, 0.2) is 103 Å². The van der Waals surface area contributed by atoms with Crippen molar-refractivity contribution in [3.8, 4) is 0 Å². The first-order chi connectivity index (χ1) is 17.0. The summed E-state index contributed by atoms with van der Waals surface area (Å²) in [7, 11) is 0. The van der Waals surface area contributed by atoms with Crippen molar-refractivity contribution in [2.24, 2.45) is 0 Å². The fourth-order valence-corrected chi connectivity index (χ4v) is 1.93. The van der Waals surface area contributed by atoms with Crippen LogP contribution >= 0.6 is 0 Å². The normalized spacial score (nSPS) is 10.1. The predicted molar refractivity (Wildman–Crippen MR) is 144 cm³/mol. The summed E-state index contributed by atoms with van der Waals surface area (Å²) < 4.78 is 0. The number of aliphatic hydroxyl groups excluding tert-OH is 1. The van der Waals surface area contributed by atoms with Crippen LogP contribution in [-0.2, 0) is 20.8 Å². The molecule has 0 aliphatic heterocycles. The third kappa shape index (κ3) is 20.4. The SMILES string of the molecule is C/C(=C\CCO)C(=O)O.C/C(=C\Cc1ccccc1)C(=O)O.C=C(C)C(=O)O.C=Cc1ccccc1. The highest BCUT2D eigenvalue weighted by molar-refractivity contribution is 5.86. The van der Waals surface area contributed by atoms with Crippen LogP contribution in [0.5, 0.6) is 0 Å². The van der Waals surface area contributed by atoms with E-state index in [0.717, 1.165) is 5.56 Å². The van der Waals surface area contributed by atoms with Crippen LogP contribution < -0.4 is 0 Å². The molecule has 0 fully saturated rings. The van der Waals surface area contributed by atoms with Crippen molar-refractivity contribution in [2.45, 2.75) is 33.6 Å². The molecule has 2 aromatic carbocycles. The molecule has 194 valence electrons. The molecule has 0 heterocycles. The third-order valence-electron chi connectivity index (χ3n) is 4.14. The van der Waals surface area contributed by atoms with E-state index in [1.165, 1.54) is 25.5 Å². The predicted octanol–water partition coefficient (Wildman–Crippen LogP) is 5.64. The minimum absolute atomic E-state index is 0.00458. The molecule has 0 spiro atoms. The first-order valence-electron chi connectivity index (χ1n) is 11.0. The molecule has 0 aliphatic carbocycles. The number of carboxylic acids is 3. The summed E-state index contributed by atoms with van der Waals surface area (Å²) in [4.78, 5) is 30.1. The molecule has 4 N–H and O–H groups in total. The number of hydrogen-bond donors (Lipinski definition) is 4. The minimum atomic E-state index is -0.935. The molecule has 0 radical (unpaired) electrons. The molecule has 0 amide bonds. The van der Waals surface area contributed by atoms with Crippen LogP contribution in [0.3, 0.4) is 0 Å². The standard InChI is InChI=1S/C11H12O2.C8H8.C6H10O3.C4H6O2/c1-9(11(12)13)7-8-10-5-3-2-4-6-10;1-2-8-6-4-3-5-7-8;1-5(6(8)9)3-2-4-7;1-3(2)4(5)6/h2-7H,8H2,1H3,(H,12,13);2-7H,1H2;3,7H,2,4H2,1H3,(H,8,9);1H2,2H3,(H,5,6)/b9-7+;;5-3+;. The molecule has 2 rings (SSSR count). The van der Waals surface area contributed by atoms with Crippen molar-refractivity contribution in [3.05, 3.63) is 114 Å². The van der Waals surface area contributed by atoms with Gasteiger partial charge in [0.2, 0.25) is 0 Å². The molecule has 0 bridgehead atoms. The van der Waals surface area contributed by atoms with Crippen molar-refractivity contribution < 1.29 is 34.8 Å². The van der Waals surface area contributed by atoms with Gasteiger partial charge in [-0.2, -0.15) is 0 Å². The molecule has 0 aromatic heterocycles. The van der Waals surface area contributed by atoms with E-state index >= 15 is 0 Å². The van der Waals surface area contributed by atoms with Crippen LogP contribution in [-0.4, -0.2) is 44.9 Å². The molecular weight excluding hydrogens is 460 g/mol. The number of allylic oxidation sites excluding steroid dienone is 1. The molecule has 0 saturated carbocycles.